The van der Waals surface area contributed by atoms with Crippen molar-refractivity contribution in [3.63, 3.8) is 0 Å². The fraction of sp³-hybridized carbons (Fsp3) is 0.517. The Bertz CT molecular complexity index is 1110. The minimum Gasteiger partial charge on any atom is -0.393 e. The Labute approximate surface area is 204 Å². The molecule has 0 bridgehead atoms. The number of fused-ring (bicyclic) bond motifs is 1. The summed E-state index contributed by atoms with van der Waals surface area (Å²) in [5, 5.41) is 20.2. The summed E-state index contributed by atoms with van der Waals surface area (Å²) in [5.41, 5.74) is 4.54. The number of benzene rings is 1. The van der Waals surface area contributed by atoms with Crippen LogP contribution in [0.4, 0.5) is 0 Å². The van der Waals surface area contributed by atoms with Crippen molar-refractivity contribution in [1.82, 2.24) is 0 Å². The molecule has 0 saturated heterocycles. The molecule has 2 saturated carbocycles. The summed E-state index contributed by atoms with van der Waals surface area (Å²) in [6.07, 6.45) is 11.2. The van der Waals surface area contributed by atoms with E-state index in [-0.39, 0.29) is 17.1 Å². The van der Waals surface area contributed by atoms with Gasteiger partial charge >= 0.3 is 0 Å². The predicted octanol–water partition coefficient (Wildman–Crippen LogP) is 5.55. The third-order valence-electron chi connectivity index (χ3n) is 8.33. The Morgan fingerprint density at radius 1 is 1.21 bits per heavy atom. The molecule has 0 aromatic heterocycles. The van der Waals surface area contributed by atoms with Crippen molar-refractivity contribution in [3.05, 3.63) is 77.4 Å². The molecule has 0 aliphatic heterocycles. The summed E-state index contributed by atoms with van der Waals surface area (Å²) in [4.78, 5) is 0.405. The van der Waals surface area contributed by atoms with Crippen LogP contribution in [0.15, 0.2) is 82.3 Å². The molecule has 0 radical (unpaired) electrons. The predicted molar refractivity (Wildman–Crippen MR) is 137 cm³/mol. The molecule has 2 N–H and O–H groups in total. The molecule has 2 fully saturated rings. The van der Waals surface area contributed by atoms with E-state index in [0.29, 0.717) is 30.1 Å². The van der Waals surface area contributed by atoms with Crippen molar-refractivity contribution in [2.75, 3.05) is 5.75 Å². The van der Waals surface area contributed by atoms with Crippen LogP contribution in [0.25, 0.3) is 0 Å². The van der Waals surface area contributed by atoms with E-state index in [1.54, 1.807) is 24.3 Å². The van der Waals surface area contributed by atoms with E-state index in [9.17, 15) is 18.6 Å². The van der Waals surface area contributed by atoms with E-state index < -0.39 is 22.0 Å². The van der Waals surface area contributed by atoms with Crippen LogP contribution < -0.4 is 0 Å². The monoisotopic (exact) mass is 482 g/mol. The molecule has 0 heterocycles. The number of sulfone groups is 1. The van der Waals surface area contributed by atoms with Crippen LogP contribution in [0.1, 0.15) is 58.8 Å². The standard InChI is InChI=1S/C29H38O4S/c1-20(15-17-34(32,33)25-9-5-4-6-10-25)26-13-14-27-22(8-7-16-29(26,27)3)11-12-23-18-24(30)19-28(31)21(23)2/h4-6,9-13,20,24,27-28,30-31H,2,7-8,14-19H2,1,3H3/b22-11+,23-12-/t20-,24-,27+,28+,29-/m1/s1. The van der Waals surface area contributed by atoms with Crippen LogP contribution >= 0.6 is 0 Å². The molecule has 3 aliphatic carbocycles. The van der Waals surface area contributed by atoms with Crippen LogP contribution in [0.5, 0.6) is 0 Å². The molecule has 4 nitrogen and oxygen atoms in total. The fourth-order valence-electron chi connectivity index (χ4n) is 6.31. The highest BCUT2D eigenvalue weighted by atomic mass is 32.2. The van der Waals surface area contributed by atoms with E-state index in [2.05, 4.69) is 38.7 Å². The van der Waals surface area contributed by atoms with Crippen LogP contribution in [-0.4, -0.2) is 36.6 Å². The van der Waals surface area contributed by atoms with Crippen LogP contribution in [-0.2, 0) is 9.84 Å². The molecular formula is C29H38O4S. The maximum absolute atomic E-state index is 12.8. The summed E-state index contributed by atoms with van der Waals surface area (Å²) in [6.45, 7) is 8.56. The largest absolute Gasteiger partial charge is 0.393 e. The third-order valence-corrected chi connectivity index (χ3v) is 10.1. The van der Waals surface area contributed by atoms with Gasteiger partial charge in [-0.1, -0.05) is 68.0 Å². The summed E-state index contributed by atoms with van der Waals surface area (Å²) in [5.74, 6) is 0.806. The van der Waals surface area contributed by atoms with Crippen LogP contribution in [0.3, 0.4) is 0 Å². The highest BCUT2D eigenvalue weighted by Crippen LogP contribution is 2.57. The van der Waals surface area contributed by atoms with Crippen molar-refractivity contribution in [1.29, 1.82) is 0 Å². The van der Waals surface area contributed by atoms with Gasteiger partial charge in [-0.05, 0) is 79.1 Å². The molecule has 5 atom stereocenters. The van der Waals surface area contributed by atoms with Gasteiger partial charge in [-0.2, -0.15) is 0 Å². The van der Waals surface area contributed by atoms with E-state index in [4.69, 9.17) is 0 Å². The first-order valence-corrected chi connectivity index (χ1v) is 14.2. The molecular weight excluding hydrogens is 444 g/mol. The first kappa shape index (κ1) is 25.2. The normalized spacial score (nSPS) is 33.1. The van der Waals surface area contributed by atoms with E-state index in [0.717, 1.165) is 36.8 Å². The van der Waals surface area contributed by atoms with Gasteiger partial charge in [0.2, 0.25) is 0 Å². The first-order chi connectivity index (χ1) is 16.1. The van der Waals surface area contributed by atoms with Crippen molar-refractivity contribution in [2.45, 2.75) is 75.9 Å². The topological polar surface area (TPSA) is 74.6 Å². The number of aliphatic hydroxyl groups is 2. The quantitative estimate of drug-likeness (QED) is 0.522. The lowest BCUT2D eigenvalue weighted by Gasteiger charge is -2.42. The first-order valence-electron chi connectivity index (χ1n) is 12.5. The van der Waals surface area contributed by atoms with Crippen molar-refractivity contribution >= 4 is 9.84 Å². The van der Waals surface area contributed by atoms with Crippen molar-refractivity contribution in [2.24, 2.45) is 17.3 Å². The van der Waals surface area contributed by atoms with Crippen molar-refractivity contribution < 1.29 is 18.6 Å². The smallest absolute Gasteiger partial charge is 0.178 e. The summed E-state index contributed by atoms with van der Waals surface area (Å²) in [7, 11) is -3.28. The summed E-state index contributed by atoms with van der Waals surface area (Å²) < 4.78 is 25.6. The molecule has 1 aromatic rings. The second-order valence-corrected chi connectivity index (χ2v) is 12.7. The maximum atomic E-state index is 12.8. The molecule has 5 heteroatoms. The zero-order valence-electron chi connectivity index (χ0n) is 20.4. The zero-order chi connectivity index (χ0) is 24.5. The molecule has 1 aromatic carbocycles. The number of hydrogen-bond acceptors (Lipinski definition) is 4. The maximum Gasteiger partial charge on any atom is 0.178 e. The Balaban J connectivity index is 1.47. The fourth-order valence-corrected chi connectivity index (χ4v) is 7.79. The van der Waals surface area contributed by atoms with Gasteiger partial charge in [0.1, 0.15) is 0 Å². The SMILES string of the molecule is C=C1/C(=C\C=C2/CCC[C@]3(C)C([C@H](C)CCS(=O)(=O)c4ccccc4)=CC[C@@H]23)C[C@@H](O)C[C@@H]1O. The molecule has 0 unspecified atom stereocenters. The zero-order valence-corrected chi connectivity index (χ0v) is 21.2. The molecule has 0 spiro atoms. The second-order valence-electron chi connectivity index (χ2n) is 10.6. The minimum atomic E-state index is -3.28. The van der Waals surface area contributed by atoms with E-state index in [1.807, 2.05) is 6.07 Å². The van der Waals surface area contributed by atoms with E-state index >= 15 is 0 Å². The van der Waals surface area contributed by atoms with Gasteiger partial charge in [0, 0.05) is 6.42 Å². The van der Waals surface area contributed by atoms with Gasteiger partial charge in [0.25, 0.3) is 0 Å². The van der Waals surface area contributed by atoms with Gasteiger partial charge in [-0.3, -0.25) is 0 Å². The van der Waals surface area contributed by atoms with Crippen molar-refractivity contribution in [3.8, 4) is 0 Å². The van der Waals surface area contributed by atoms with E-state index in [1.165, 1.54) is 11.1 Å². The van der Waals surface area contributed by atoms with Gasteiger partial charge in [0.15, 0.2) is 9.84 Å². The minimum absolute atomic E-state index is 0.0567. The third kappa shape index (κ3) is 5.02. The number of aliphatic hydroxyl groups excluding tert-OH is 2. The van der Waals surface area contributed by atoms with Gasteiger partial charge in [-0.25, -0.2) is 8.42 Å². The highest BCUT2D eigenvalue weighted by molar-refractivity contribution is 7.91. The average molecular weight is 483 g/mol. The molecule has 3 aliphatic rings. The Morgan fingerprint density at radius 2 is 1.94 bits per heavy atom. The lowest BCUT2D eigenvalue weighted by atomic mass is 9.62. The summed E-state index contributed by atoms with van der Waals surface area (Å²) in [6, 6.07) is 8.74. The van der Waals surface area contributed by atoms with Gasteiger partial charge < -0.3 is 10.2 Å². The van der Waals surface area contributed by atoms with Crippen LogP contribution in [0, 0.1) is 17.3 Å². The lowest BCUT2D eigenvalue weighted by Crippen LogP contribution is -2.33. The average Bonchev–Trinajstić information content (AvgIpc) is 3.17. The Morgan fingerprint density at radius 3 is 2.68 bits per heavy atom. The molecule has 184 valence electrons. The molecule has 34 heavy (non-hydrogen) atoms. The highest BCUT2D eigenvalue weighted by Gasteiger charge is 2.46. The van der Waals surface area contributed by atoms with Gasteiger partial charge in [-0.15, -0.1) is 0 Å². The molecule has 4 rings (SSSR count). The summed E-state index contributed by atoms with van der Waals surface area (Å²) >= 11 is 0. The number of rotatable bonds is 6. The number of hydrogen-bond donors (Lipinski definition) is 2. The lowest BCUT2D eigenvalue weighted by molar-refractivity contribution is 0.0862. The number of allylic oxidation sites excluding steroid dienone is 5. The second kappa shape index (κ2) is 9.96. The molecule has 0 amide bonds. The Kier molecular flexibility index (Phi) is 7.37. The van der Waals surface area contributed by atoms with Crippen LogP contribution in [0.2, 0.25) is 0 Å². The Hall–Kier alpha value is -1.95. The van der Waals surface area contributed by atoms with Gasteiger partial charge in [0.05, 0.1) is 22.9 Å².